The highest BCUT2D eigenvalue weighted by Crippen LogP contribution is 2.39. The van der Waals surface area contributed by atoms with Crippen molar-refractivity contribution in [3.63, 3.8) is 0 Å². The summed E-state index contributed by atoms with van der Waals surface area (Å²) >= 11 is 0. The molecule has 10 heavy (non-hydrogen) atoms. The quantitative estimate of drug-likeness (QED) is 0.451. The largest absolute Gasteiger partial charge is 0.0879 e. The first-order valence-corrected chi connectivity index (χ1v) is 4.18. The van der Waals surface area contributed by atoms with Crippen molar-refractivity contribution in [2.75, 3.05) is 0 Å². The summed E-state index contributed by atoms with van der Waals surface area (Å²) in [6.45, 7) is 9.32. The third-order valence-electron chi connectivity index (χ3n) is 2.58. The molecule has 1 aliphatic rings. The van der Waals surface area contributed by atoms with Gasteiger partial charge in [0.25, 0.3) is 0 Å². The van der Waals surface area contributed by atoms with Crippen molar-refractivity contribution < 1.29 is 0 Å². The van der Waals surface area contributed by atoms with E-state index >= 15 is 0 Å². The normalized spacial score (nSPS) is 33.2. The van der Waals surface area contributed by atoms with E-state index in [1.165, 1.54) is 6.42 Å². The Labute approximate surface area is 64.3 Å². The summed E-state index contributed by atoms with van der Waals surface area (Å²) in [4.78, 5) is 0. The van der Waals surface area contributed by atoms with E-state index < -0.39 is 0 Å². The molecule has 0 heterocycles. The molecule has 2 unspecified atom stereocenters. The lowest BCUT2D eigenvalue weighted by Crippen LogP contribution is -2.22. The molecule has 0 aromatic rings. The van der Waals surface area contributed by atoms with Crippen LogP contribution in [-0.4, -0.2) is 0 Å². The van der Waals surface area contributed by atoms with Crippen molar-refractivity contribution in [1.29, 1.82) is 0 Å². The number of rotatable bonds is 0. The zero-order valence-corrected chi connectivity index (χ0v) is 7.52. The Balaban J connectivity index is 2.60. The van der Waals surface area contributed by atoms with E-state index in [0.717, 1.165) is 11.8 Å². The number of hydrogen-bond acceptors (Lipinski definition) is 0. The Morgan fingerprint density at radius 2 is 1.90 bits per heavy atom. The van der Waals surface area contributed by atoms with Crippen molar-refractivity contribution >= 4 is 0 Å². The fourth-order valence-corrected chi connectivity index (χ4v) is 1.93. The Kier molecular flexibility index (Phi) is 1.89. The van der Waals surface area contributed by atoms with Crippen molar-refractivity contribution in [2.45, 2.75) is 34.1 Å². The summed E-state index contributed by atoms with van der Waals surface area (Å²) in [5.74, 6) is 1.66. The smallest absolute Gasteiger partial charge is 0.0226 e. The van der Waals surface area contributed by atoms with Crippen LogP contribution in [0.25, 0.3) is 0 Å². The highest BCUT2D eigenvalue weighted by atomic mass is 14.3. The van der Waals surface area contributed by atoms with Crippen LogP contribution < -0.4 is 0 Å². The molecule has 0 aromatic heterocycles. The van der Waals surface area contributed by atoms with Gasteiger partial charge in [0.15, 0.2) is 0 Å². The maximum atomic E-state index is 2.34. The first kappa shape index (κ1) is 7.84. The van der Waals surface area contributed by atoms with Gasteiger partial charge in [-0.15, -0.1) is 0 Å². The van der Waals surface area contributed by atoms with Gasteiger partial charge in [-0.05, 0) is 23.7 Å². The van der Waals surface area contributed by atoms with Gasteiger partial charge in [-0.25, -0.2) is 0 Å². The van der Waals surface area contributed by atoms with E-state index in [4.69, 9.17) is 0 Å². The van der Waals surface area contributed by atoms with Gasteiger partial charge >= 0.3 is 0 Å². The Morgan fingerprint density at radius 1 is 1.30 bits per heavy atom. The maximum Gasteiger partial charge on any atom is -0.0226 e. The lowest BCUT2D eigenvalue weighted by molar-refractivity contribution is 0.208. The Morgan fingerprint density at radius 3 is 2.10 bits per heavy atom. The molecular formula is C10H18. The average Bonchev–Trinajstić information content (AvgIpc) is 2.11. The molecule has 0 N–H and O–H groups in total. The number of hydrogen-bond donors (Lipinski definition) is 0. The molecule has 0 aromatic carbocycles. The minimum atomic E-state index is 0.489. The van der Waals surface area contributed by atoms with Gasteiger partial charge < -0.3 is 0 Å². The Hall–Kier alpha value is -0.260. The van der Waals surface area contributed by atoms with Gasteiger partial charge in [-0.1, -0.05) is 39.8 Å². The van der Waals surface area contributed by atoms with Crippen molar-refractivity contribution in [2.24, 2.45) is 17.3 Å². The van der Waals surface area contributed by atoms with Gasteiger partial charge in [0.05, 0.1) is 0 Å². The van der Waals surface area contributed by atoms with Gasteiger partial charge in [0, 0.05) is 0 Å². The molecule has 0 saturated carbocycles. The first-order valence-electron chi connectivity index (χ1n) is 4.18. The van der Waals surface area contributed by atoms with Gasteiger partial charge in [0.2, 0.25) is 0 Å². The molecule has 0 heteroatoms. The minimum absolute atomic E-state index is 0.489. The summed E-state index contributed by atoms with van der Waals surface area (Å²) in [5.41, 5.74) is 0.489. The molecule has 2 atom stereocenters. The predicted molar refractivity (Wildman–Crippen MR) is 45.9 cm³/mol. The highest BCUT2D eigenvalue weighted by molar-refractivity contribution is 5.02. The fraction of sp³-hybridized carbons (Fsp3) is 0.800. The second kappa shape index (κ2) is 2.41. The van der Waals surface area contributed by atoms with Crippen LogP contribution in [0.3, 0.4) is 0 Å². The molecule has 58 valence electrons. The molecule has 1 rings (SSSR count). The lowest BCUT2D eigenvalue weighted by Gasteiger charge is -2.30. The zero-order valence-electron chi connectivity index (χ0n) is 7.52. The third kappa shape index (κ3) is 1.42. The van der Waals surface area contributed by atoms with Crippen molar-refractivity contribution in [3.8, 4) is 0 Å². The van der Waals surface area contributed by atoms with Crippen LogP contribution in [0.2, 0.25) is 0 Å². The standard InChI is InChI=1S/C10H18/c1-8-6-5-7-9(8)10(2,3)4/h5-6,8-9H,7H2,1-4H3. The lowest BCUT2D eigenvalue weighted by atomic mass is 9.75. The van der Waals surface area contributed by atoms with Crippen LogP contribution in [0.5, 0.6) is 0 Å². The second-order valence-corrected chi connectivity index (χ2v) is 4.50. The van der Waals surface area contributed by atoms with Crippen LogP contribution in [0.1, 0.15) is 34.1 Å². The topological polar surface area (TPSA) is 0 Å². The molecule has 0 radical (unpaired) electrons. The molecule has 0 saturated heterocycles. The van der Waals surface area contributed by atoms with Crippen LogP contribution >= 0.6 is 0 Å². The molecule has 1 aliphatic carbocycles. The molecule has 0 amide bonds. The fourth-order valence-electron chi connectivity index (χ4n) is 1.93. The van der Waals surface area contributed by atoms with Crippen LogP contribution in [0, 0.1) is 17.3 Å². The SMILES string of the molecule is CC1C=CCC1C(C)(C)C. The van der Waals surface area contributed by atoms with Crippen LogP contribution in [0.15, 0.2) is 12.2 Å². The van der Waals surface area contributed by atoms with E-state index in [1.54, 1.807) is 0 Å². The van der Waals surface area contributed by atoms with Crippen molar-refractivity contribution in [1.82, 2.24) is 0 Å². The highest BCUT2D eigenvalue weighted by Gasteiger charge is 2.29. The predicted octanol–water partition coefficient (Wildman–Crippen LogP) is 3.24. The van der Waals surface area contributed by atoms with E-state index in [1.807, 2.05) is 0 Å². The Bertz CT molecular complexity index is 137. The number of allylic oxidation sites excluding steroid dienone is 2. The minimum Gasteiger partial charge on any atom is -0.0879 e. The van der Waals surface area contributed by atoms with E-state index in [0.29, 0.717) is 5.41 Å². The third-order valence-corrected chi connectivity index (χ3v) is 2.58. The molecule has 0 aliphatic heterocycles. The first-order chi connectivity index (χ1) is 4.52. The molecule has 0 nitrogen and oxygen atoms in total. The van der Waals surface area contributed by atoms with Gasteiger partial charge in [-0.2, -0.15) is 0 Å². The van der Waals surface area contributed by atoms with Gasteiger partial charge in [-0.3, -0.25) is 0 Å². The summed E-state index contributed by atoms with van der Waals surface area (Å²) in [5, 5.41) is 0. The van der Waals surface area contributed by atoms with E-state index in [-0.39, 0.29) is 0 Å². The monoisotopic (exact) mass is 138 g/mol. The van der Waals surface area contributed by atoms with E-state index in [2.05, 4.69) is 39.8 Å². The van der Waals surface area contributed by atoms with Crippen LogP contribution in [-0.2, 0) is 0 Å². The molecular weight excluding hydrogens is 120 g/mol. The zero-order chi connectivity index (χ0) is 7.78. The summed E-state index contributed by atoms with van der Waals surface area (Å²) < 4.78 is 0. The molecule has 0 fully saturated rings. The summed E-state index contributed by atoms with van der Waals surface area (Å²) in [7, 11) is 0. The van der Waals surface area contributed by atoms with Crippen LogP contribution in [0.4, 0.5) is 0 Å². The molecule has 0 bridgehead atoms. The summed E-state index contributed by atoms with van der Waals surface area (Å²) in [6, 6.07) is 0. The molecule has 0 spiro atoms. The second-order valence-electron chi connectivity index (χ2n) is 4.50. The maximum absolute atomic E-state index is 2.34. The van der Waals surface area contributed by atoms with Crippen molar-refractivity contribution in [3.05, 3.63) is 12.2 Å². The summed E-state index contributed by atoms with van der Waals surface area (Å²) in [6.07, 6.45) is 5.95. The van der Waals surface area contributed by atoms with Gasteiger partial charge in [0.1, 0.15) is 0 Å². The van der Waals surface area contributed by atoms with E-state index in [9.17, 15) is 0 Å². The average molecular weight is 138 g/mol.